The van der Waals surface area contributed by atoms with Gasteiger partial charge in [-0.1, -0.05) is 11.6 Å². The first kappa shape index (κ1) is 14.8. The van der Waals surface area contributed by atoms with Crippen molar-refractivity contribution in [2.45, 2.75) is 11.4 Å². The number of hydrogen-bond donors (Lipinski definition) is 0. The van der Waals surface area contributed by atoms with E-state index in [1.54, 1.807) is 0 Å². The summed E-state index contributed by atoms with van der Waals surface area (Å²) in [6.45, 7) is 0. The summed E-state index contributed by atoms with van der Waals surface area (Å²) < 4.78 is 60.9. The van der Waals surface area contributed by atoms with Crippen LogP contribution in [-0.4, -0.2) is 19.8 Å². The summed E-state index contributed by atoms with van der Waals surface area (Å²) in [6, 6.07) is 0.745. The highest BCUT2D eigenvalue weighted by Gasteiger charge is 2.34. The van der Waals surface area contributed by atoms with Gasteiger partial charge in [0, 0.05) is 10.7 Å². The number of alkyl halides is 3. The van der Waals surface area contributed by atoms with Crippen molar-refractivity contribution in [1.29, 1.82) is 0 Å². The molecule has 0 amide bonds. The van der Waals surface area contributed by atoms with Crippen LogP contribution in [0.25, 0.3) is 0 Å². The number of rotatable bonds is 2. The topological polar surface area (TPSA) is 56.3 Å². The number of ether oxygens (including phenoxy) is 1. The minimum absolute atomic E-state index is 0.339. The molecule has 0 saturated carbocycles. The molecule has 0 radical (unpaired) electrons. The van der Waals surface area contributed by atoms with Gasteiger partial charge in [-0.2, -0.15) is 0 Å². The summed E-state index contributed by atoms with van der Waals surface area (Å²) in [5, 5.41) is -1.47. The SMILES string of the molecule is O=S(=O)(Cl)c1cc(Br)c(OC(F)(F)F)c(Cl)n1. The van der Waals surface area contributed by atoms with Crippen molar-refractivity contribution in [3.63, 3.8) is 0 Å². The summed E-state index contributed by atoms with van der Waals surface area (Å²) in [7, 11) is 0.757. The van der Waals surface area contributed by atoms with Gasteiger partial charge in [0.25, 0.3) is 9.05 Å². The van der Waals surface area contributed by atoms with Gasteiger partial charge in [0.15, 0.2) is 15.9 Å². The maximum atomic E-state index is 12.0. The molecule has 0 bridgehead atoms. The third kappa shape index (κ3) is 4.16. The van der Waals surface area contributed by atoms with E-state index in [-0.39, 0.29) is 4.47 Å². The third-order valence-corrected chi connectivity index (χ3v) is 3.36. The minimum atomic E-state index is -4.98. The molecule has 0 aromatic carbocycles. The molecule has 0 aliphatic heterocycles. The van der Waals surface area contributed by atoms with E-state index in [1.807, 2.05) is 0 Å². The standard InChI is InChI=1S/C6HBrCl2F3NO3S/c7-2-1-3(17(9,14)15)13-5(8)4(2)16-6(10,11)12/h1H. The highest BCUT2D eigenvalue weighted by Crippen LogP contribution is 2.37. The van der Waals surface area contributed by atoms with E-state index in [0.717, 1.165) is 6.07 Å². The van der Waals surface area contributed by atoms with Crippen LogP contribution in [0.2, 0.25) is 5.15 Å². The Morgan fingerprint density at radius 1 is 1.41 bits per heavy atom. The lowest BCUT2D eigenvalue weighted by Gasteiger charge is -2.11. The van der Waals surface area contributed by atoms with Gasteiger partial charge in [-0.25, -0.2) is 13.4 Å². The average Bonchev–Trinajstić information content (AvgIpc) is 2.07. The maximum Gasteiger partial charge on any atom is 0.573 e. The number of pyridine rings is 1. The molecule has 1 heterocycles. The Morgan fingerprint density at radius 2 is 1.94 bits per heavy atom. The molecule has 11 heteroatoms. The van der Waals surface area contributed by atoms with Crippen molar-refractivity contribution in [1.82, 2.24) is 4.98 Å². The van der Waals surface area contributed by atoms with Crippen LogP contribution in [0.15, 0.2) is 15.6 Å². The van der Waals surface area contributed by atoms with E-state index >= 15 is 0 Å². The van der Waals surface area contributed by atoms with Gasteiger partial charge >= 0.3 is 6.36 Å². The van der Waals surface area contributed by atoms with Crippen LogP contribution in [0, 0.1) is 0 Å². The summed E-state index contributed by atoms with van der Waals surface area (Å²) in [5.41, 5.74) is 0. The van der Waals surface area contributed by atoms with Crippen molar-refractivity contribution in [3.05, 3.63) is 15.7 Å². The van der Waals surface area contributed by atoms with E-state index < -0.39 is 31.3 Å². The minimum Gasteiger partial charge on any atom is -0.401 e. The van der Waals surface area contributed by atoms with Crippen LogP contribution in [0.3, 0.4) is 0 Å². The van der Waals surface area contributed by atoms with Gasteiger partial charge in [-0.15, -0.1) is 13.2 Å². The second kappa shape index (κ2) is 4.79. The normalized spacial score (nSPS) is 12.6. The zero-order chi connectivity index (χ0) is 13.4. The van der Waals surface area contributed by atoms with E-state index in [1.165, 1.54) is 0 Å². The maximum absolute atomic E-state index is 12.0. The van der Waals surface area contributed by atoms with Crippen LogP contribution in [0.5, 0.6) is 5.75 Å². The first-order valence-electron chi connectivity index (χ1n) is 3.57. The number of aromatic nitrogens is 1. The van der Waals surface area contributed by atoms with E-state index in [4.69, 9.17) is 22.3 Å². The van der Waals surface area contributed by atoms with Crippen LogP contribution in [0.4, 0.5) is 13.2 Å². The summed E-state index contributed by atoms with van der Waals surface area (Å²) in [6.07, 6.45) is -4.98. The molecule has 1 aromatic rings. The molecule has 0 atom stereocenters. The molecule has 0 spiro atoms. The van der Waals surface area contributed by atoms with Crippen LogP contribution in [0.1, 0.15) is 0 Å². The number of hydrogen-bond acceptors (Lipinski definition) is 4. The molecular formula is C6HBrCl2F3NO3S. The fourth-order valence-corrected chi connectivity index (χ4v) is 2.51. The van der Waals surface area contributed by atoms with Crippen LogP contribution >= 0.6 is 38.2 Å². The smallest absolute Gasteiger partial charge is 0.401 e. The molecular weight excluding hydrogens is 374 g/mol. The Balaban J connectivity index is 3.30. The van der Waals surface area contributed by atoms with Gasteiger partial charge in [0.2, 0.25) is 0 Å². The monoisotopic (exact) mass is 373 g/mol. The summed E-state index contributed by atoms with van der Waals surface area (Å²) >= 11 is 8.03. The molecule has 0 aliphatic rings. The zero-order valence-corrected chi connectivity index (χ0v) is 11.3. The van der Waals surface area contributed by atoms with Gasteiger partial charge in [-0.3, -0.25) is 0 Å². The van der Waals surface area contributed by atoms with Crippen molar-refractivity contribution >= 4 is 47.3 Å². The molecule has 0 unspecified atom stereocenters. The second-order valence-corrected chi connectivity index (χ2v) is 6.27. The summed E-state index contributed by atoms with van der Waals surface area (Å²) in [4.78, 5) is 3.18. The van der Waals surface area contributed by atoms with Gasteiger partial charge in [0.05, 0.1) is 4.47 Å². The first-order chi connectivity index (χ1) is 7.50. The largest absolute Gasteiger partial charge is 0.573 e. The van der Waals surface area contributed by atoms with Crippen LogP contribution < -0.4 is 4.74 Å². The van der Waals surface area contributed by atoms with Crippen LogP contribution in [-0.2, 0) is 9.05 Å². The second-order valence-electron chi connectivity index (χ2n) is 2.55. The lowest BCUT2D eigenvalue weighted by Crippen LogP contribution is -2.18. The highest BCUT2D eigenvalue weighted by molar-refractivity contribution is 9.10. The quantitative estimate of drug-likeness (QED) is 0.588. The lowest BCUT2D eigenvalue weighted by molar-refractivity contribution is -0.275. The number of halogens is 6. The molecule has 96 valence electrons. The fraction of sp³-hybridized carbons (Fsp3) is 0.167. The van der Waals surface area contributed by atoms with Crippen molar-refractivity contribution < 1.29 is 26.3 Å². The molecule has 1 aromatic heterocycles. The van der Waals surface area contributed by atoms with E-state index in [2.05, 4.69) is 25.7 Å². The summed E-state index contributed by atoms with van der Waals surface area (Å²) in [5.74, 6) is -0.844. The van der Waals surface area contributed by atoms with Gasteiger partial charge < -0.3 is 4.74 Å². The third-order valence-electron chi connectivity index (χ3n) is 1.33. The molecule has 0 fully saturated rings. The lowest BCUT2D eigenvalue weighted by atomic mass is 10.5. The van der Waals surface area contributed by atoms with E-state index in [0.29, 0.717) is 0 Å². The van der Waals surface area contributed by atoms with Crippen molar-refractivity contribution in [2.24, 2.45) is 0 Å². The Kier molecular flexibility index (Phi) is 4.17. The predicted molar refractivity (Wildman–Crippen MR) is 56.7 cm³/mol. The number of nitrogens with zero attached hydrogens (tertiary/aromatic N) is 1. The van der Waals surface area contributed by atoms with Crippen molar-refractivity contribution in [3.8, 4) is 5.75 Å². The molecule has 17 heavy (non-hydrogen) atoms. The first-order valence-corrected chi connectivity index (χ1v) is 7.05. The average molecular weight is 375 g/mol. The highest BCUT2D eigenvalue weighted by atomic mass is 79.9. The van der Waals surface area contributed by atoms with Gasteiger partial charge in [-0.05, 0) is 22.0 Å². The Bertz CT molecular complexity index is 525. The molecule has 0 saturated heterocycles. The van der Waals surface area contributed by atoms with E-state index in [9.17, 15) is 21.6 Å². The van der Waals surface area contributed by atoms with Crippen molar-refractivity contribution in [2.75, 3.05) is 0 Å². The molecule has 0 N–H and O–H groups in total. The van der Waals surface area contributed by atoms with Gasteiger partial charge in [0.1, 0.15) is 0 Å². The Morgan fingerprint density at radius 3 is 2.29 bits per heavy atom. The molecule has 4 nitrogen and oxygen atoms in total. The zero-order valence-electron chi connectivity index (χ0n) is 7.43. The Labute approximate surface area is 111 Å². The molecule has 0 aliphatic carbocycles. The molecule has 1 rings (SSSR count). The Hall–Kier alpha value is -0.250. The fourth-order valence-electron chi connectivity index (χ4n) is 0.784. The predicted octanol–water partition coefficient (Wildman–Crippen LogP) is 3.32.